The maximum absolute atomic E-state index is 15.9. The molecule has 6 atom stereocenters. The smallest absolute Gasteiger partial charge is 0.200 e. The van der Waals surface area contributed by atoms with Crippen molar-refractivity contribution in [2.45, 2.75) is 74.7 Å². The van der Waals surface area contributed by atoms with Gasteiger partial charge in [0.15, 0.2) is 23.0 Å². The number of aromatic nitrogens is 2. The Balaban J connectivity index is 1.34. The first-order chi connectivity index (χ1) is 30.0. The Bertz CT molecular complexity index is 2540. The standard InChI is InChI=1S/C50H56N4O8/c1-51-28-33-21-31(32-24-43(59)49(60)45(25-32)62-3)23-42(58)48(41(57)15-9-29-8-14-40(56)44(20-29)61-2)50(17-4-6-34(50)26-36-7-5-18-52-36)35-16-19-53-46(27-35)54-39-13-10-30-22-37(55)11-12-38(30)47(33)39/h5,7-8,10-14,16,18-20,22,24-25,27,31,33-34,41,48,51-52,55-57,59-60H,4,6,9,15,17,21,23,26,28H2,1-3H3,(H,53,54). The number of aliphatic hydroxyl groups excluding tert-OH is 1. The van der Waals surface area contributed by atoms with Crippen molar-refractivity contribution in [1.29, 1.82) is 0 Å². The van der Waals surface area contributed by atoms with Crippen molar-refractivity contribution in [3.63, 3.8) is 0 Å². The van der Waals surface area contributed by atoms with Gasteiger partial charge in [-0.05, 0) is 163 Å². The molecule has 1 fully saturated rings. The van der Waals surface area contributed by atoms with Crippen LogP contribution in [-0.2, 0) is 23.1 Å². The normalized spacial score (nSPS) is 22.0. The minimum atomic E-state index is -1.08. The number of fused-ring (bicyclic) bond motifs is 6. The second kappa shape index (κ2) is 18.0. The Labute approximate surface area is 361 Å². The van der Waals surface area contributed by atoms with Gasteiger partial charge in [0, 0.05) is 42.2 Å². The number of aromatic hydroxyl groups is 4. The van der Waals surface area contributed by atoms with Crippen LogP contribution < -0.4 is 20.1 Å². The van der Waals surface area contributed by atoms with E-state index in [2.05, 4.69) is 27.8 Å². The molecule has 2 bridgehead atoms. The summed E-state index contributed by atoms with van der Waals surface area (Å²) >= 11 is 0. The van der Waals surface area contributed by atoms with Gasteiger partial charge in [0.05, 0.1) is 26.2 Å². The van der Waals surface area contributed by atoms with Gasteiger partial charge in [0.25, 0.3) is 0 Å². The Morgan fingerprint density at radius 1 is 0.935 bits per heavy atom. The number of aryl methyl sites for hydroxylation is 1. The number of nitrogens with zero attached hydrogens (tertiary/aromatic N) is 1. The number of pyridine rings is 1. The average molecular weight is 841 g/mol. The number of phenolic OH excluding ortho intramolecular Hbond substituents is 4. The van der Waals surface area contributed by atoms with Crippen molar-refractivity contribution < 1.29 is 39.8 Å². The van der Waals surface area contributed by atoms with Gasteiger partial charge in [0.1, 0.15) is 17.4 Å². The molecule has 3 heterocycles. The summed E-state index contributed by atoms with van der Waals surface area (Å²) in [6.45, 7) is 0.512. The first kappa shape index (κ1) is 42.5. The molecule has 4 aromatic carbocycles. The number of anilines is 2. The van der Waals surface area contributed by atoms with Crippen LogP contribution in [0.25, 0.3) is 10.8 Å². The zero-order valence-electron chi connectivity index (χ0n) is 35.4. The molecule has 0 radical (unpaired) electrons. The molecule has 324 valence electrons. The SMILES string of the molecule is CNCC1CC(c2cc(O)c(O)c(OC)c2)CC(=O)C(C(O)CCc2ccc(O)c(OC)c2)C2(CCCC2Cc2ccc[nH]2)c2ccnc(c2)Nc2ccc3cc(O)ccc3c21. The number of likely N-dealkylation sites (N-methyl/N-ethyl adjacent to an activating group) is 1. The number of benzene rings is 4. The zero-order chi connectivity index (χ0) is 43.5. The van der Waals surface area contributed by atoms with Gasteiger partial charge in [0.2, 0.25) is 5.75 Å². The van der Waals surface area contributed by atoms with Crippen LogP contribution in [0.4, 0.5) is 11.5 Å². The van der Waals surface area contributed by atoms with E-state index in [0.717, 1.165) is 51.7 Å². The number of ketones is 1. The maximum Gasteiger partial charge on any atom is 0.200 e. The zero-order valence-corrected chi connectivity index (χ0v) is 35.4. The molecule has 1 spiro atoms. The third-order valence-corrected chi connectivity index (χ3v) is 13.5. The van der Waals surface area contributed by atoms with Crippen LogP contribution in [0, 0.1) is 11.8 Å². The number of aliphatic hydroxyl groups is 1. The molecular formula is C50H56N4O8. The van der Waals surface area contributed by atoms with Crippen LogP contribution in [0.3, 0.4) is 0 Å². The molecule has 2 aromatic heterocycles. The van der Waals surface area contributed by atoms with E-state index in [4.69, 9.17) is 14.5 Å². The van der Waals surface area contributed by atoms with Crippen molar-refractivity contribution in [3.05, 3.63) is 125 Å². The number of Topliss-reactive ketones (excluding diaryl/α,β-unsaturated/α-hetero) is 1. The highest BCUT2D eigenvalue weighted by molar-refractivity contribution is 5.93. The van der Waals surface area contributed by atoms with Crippen molar-refractivity contribution >= 4 is 28.1 Å². The first-order valence-corrected chi connectivity index (χ1v) is 21.5. The number of ether oxygens (including phenoxy) is 2. The number of carbonyl (C=O) groups excluding carboxylic acids is 1. The van der Waals surface area contributed by atoms with Gasteiger partial charge in [-0.15, -0.1) is 0 Å². The summed E-state index contributed by atoms with van der Waals surface area (Å²) < 4.78 is 10.9. The molecule has 0 saturated heterocycles. The summed E-state index contributed by atoms with van der Waals surface area (Å²) in [5, 5.41) is 64.4. The molecule has 2 aliphatic rings. The van der Waals surface area contributed by atoms with E-state index in [1.54, 1.807) is 36.5 Å². The number of H-pyrrole nitrogens is 1. The van der Waals surface area contributed by atoms with E-state index in [1.165, 1.54) is 20.3 Å². The average Bonchev–Trinajstić information content (AvgIpc) is 3.94. The quantitative estimate of drug-likeness (QED) is 0.0585. The van der Waals surface area contributed by atoms with Gasteiger partial charge < -0.3 is 50.6 Å². The maximum atomic E-state index is 15.9. The van der Waals surface area contributed by atoms with Crippen molar-refractivity contribution in [3.8, 4) is 34.5 Å². The minimum Gasteiger partial charge on any atom is -0.508 e. The number of aromatic amines is 1. The minimum absolute atomic E-state index is 0.0194. The molecule has 6 aromatic rings. The lowest BCUT2D eigenvalue weighted by molar-refractivity contribution is -0.132. The third kappa shape index (κ3) is 8.24. The molecule has 1 aliphatic carbocycles. The Morgan fingerprint density at radius 3 is 2.55 bits per heavy atom. The van der Waals surface area contributed by atoms with E-state index < -0.39 is 23.4 Å². The van der Waals surface area contributed by atoms with Gasteiger partial charge in [-0.25, -0.2) is 4.98 Å². The number of hydrogen-bond acceptors (Lipinski definition) is 11. The number of carbonyl (C=O) groups is 1. The lowest BCUT2D eigenvalue weighted by Crippen LogP contribution is -2.50. The van der Waals surface area contributed by atoms with E-state index in [9.17, 15) is 25.5 Å². The van der Waals surface area contributed by atoms with Crippen LogP contribution >= 0.6 is 0 Å². The lowest BCUT2D eigenvalue weighted by Gasteiger charge is -2.45. The van der Waals surface area contributed by atoms with Crippen LogP contribution in [-0.4, -0.2) is 75.2 Å². The topological polar surface area (TPSA) is 189 Å². The summed E-state index contributed by atoms with van der Waals surface area (Å²) in [5.41, 5.74) is 4.43. The highest BCUT2D eigenvalue weighted by atomic mass is 16.5. The van der Waals surface area contributed by atoms with Crippen LogP contribution in [0.15, 0.2) is 97.3 Å². The van der Waals surface area contributed by atoms with E-state index >= 15 is 4.79 Å². The fourth-order valence-corrected chi connectivity index (χ4v) is 10.7. The molecule has 6 unspecified atom stereocenters. The summed E-state index contributed by atoms with van der Waals surface area (Å²) in [4.78, 5) is 24.2. The molecule has 1 saturated carbocycles. The van der Waals surface area contributed by atoms with Gasteiger partial charge in [-0.1, -0.05) is 24.6 Å². The predicted octanol–water partition coefficient (Wildman–Crippen LogP) is 8.49. The number of phenols is 4. The summed E-state index contributed by atoms with van der Waals surface area (Å²) in [6, 6.07) is 25.8. The molecule has 12 nitrogen and oxygen atoms in total. The van der Waals surface area contributed by atoms with Crippen molar-refractivity contribution in [2.24, 2.45) is 11.8 Å². The summed E-state index contributed by atoms with van der Waals surface area (Å²) in [6.07, 6.45) is 6.78. The second-order valence-corrected chi connectivity index (χ2v) is 17.1. The lowest BCUT2D eigenvalue weighted by atomic mass is 9.58. The van der Waals surface area contributed by atoms with E-state index in [0.29, 0.717) is 49.4 Å². The fraction of sp³-hybridized carbons (Fsp3) is 0.360. The highest BCUT2D eigenvalue weighted by Gasteiger charge is 2.54. The number of hydrogen-bond donors (Lipinski definition) is 8. The van der Waals surface area contributed by atoms with Gasteiger partial charge >= 0.3 is 0 Å². The predicted molar refractivity (Wildman–Crippen MR) is 239 cm³/mol. The van der Waals surface area contributed by atoms with Gasteiger partial charge in [-0.2, -0.15) is 0 Å². The summed E-state index contributed by atoms with van der Waals surface area (Å²) in [7, 11) is 4.81. The van der Waals surface area contributed by atoms with E-state index in [1.807, 2.05) is 49.6 Å². The molecule has 8 rings (SSSR count). The number of rotatable bonds is 11. The molecule has 62 heavy (non-hydrogen) atoms. The second-order valence-electron chi connectivity index (χ2n) is 17.1. The molecule has 1 aliphatic heterocycles. The molecule has 0 amide bonds. The third-order valence-electron chi connectivity index (χ3n) is 13.5. The Hall–Kier alpha value is -6.24. The Kier molecular flexibility index (Phi) is 12.3. The number of nitrogens with one attached hydrogen (secondary N) is 3. The molecular weight excluding hydrogens is 785 g/mol. The van der Waals surface area contributed by atoms with Crippen molar-refractivity contribution in [1.82, 2.24) is 15.3 Å². The van der Waals surface area contributed by atoms with Crippen LogP contribution in [0.2, 0.25) is 0 Å². The highest BCUT2D eigenvalue weighted by Crippen LogP contribution is 2.55. The summed E-state index contributed by atoms with van der Waals surface area (Å²) in [5.74, 6) is -1.28. The van der Waals surface area contributed by atoms with Crippen molar-refractivity contribution in [2.75, 3.05) is 33.1 Å². The van der Waals surface area contributed by atoms with Gasteiger partial charge in [-0.3, -0.25) is 4.79 Å². The molecule has 12 heteroatoms. The Morgan fingerprint density at radius 2 is 1.77 bits per heavy atom. The fourth-order valence-electron chi connectivity index (χ4n) is 10.7. The largest absolute Gasteiger partial charge is 0.508 e. The number of methoxy groups -OCH3 is 2. The molecule has 8 N–H and O–H groups in total. The van der Waals surface area contributed by atoms with Crippen LogP contribution in [0.5, 0.6) is 34.5 Å². The van der Waals surface area contributed by atoms with Crippen LogP contribution in [0.1, 0.15) is 78.3 Å². The monoisotopic (exact) mass is 840 g/mol. The first-order valence-electron chi connectivity index (χ1n) is 21.5. The van der Waals surface area contributed by atoms with E-state index in [-0.39, 0.29) is 59.2 Å².